The van der Waals surface area contributed by atoms with Gasteiger partial charge < -0.3 is 15.6 Å². The van der Waals surface area contributed by atoms with E-state index in [1.165, 1.54) is 36.2 Å². The van der Waals surface area contributed by atoms with Gasteiger partial charge in [-0.2, -0.15) is 0 Å². The Morgan fingerprint density at radius 1 is 0.804 bits per heavy atom. The molecule has 6 aromatic rings. The quantitative estimate of drug-likeness (QED) is 0.149. The van der Waals surface area contributed by atoms with Gasteiger partial charge in [-0.05, 0) is 72.3 Å². The van der Waals surface area contributed by atoms with Crippen molar-refractivity contribution in [3.63, 3.8) is 0 Å². The summed E-state index contributed by atoms with van der Waals surface area (Å²) in [5, 5.41) is 2.75. The van der Waals surface area contributed by atoms with Crippen LogP contribution in [0.4, 0.5) is 0 Å². The molecule has 0 saturated heterocycles. The van der Waals surface area contributed by atoms with Gasteiger partial charge in [0.15, 0.2) is 0 Å². The van der Waals surface area contributed by atoms with Crippen molar-refractivity contribution in [2.75, 3.05) is 7.05 Å². The van der Waals surface area contributed by atoms with Crippen LogP contribution in [0.25, 0.3) is 21.3 Å². The summed E-state index contributed by atoms with van der Waals surface area (Å²) < 4.78 is 29.8. The van der Waals surface area contributed by atoms with Gasteiger partial charge in [-0.25, -0.2) is 12.7 Å². The highest BCUT2D eigenvalue weighted by Crippen LogP contribution is 2.29. The number of thiophene rings is 1. The Morgan fingerprint density at radius 3 is 2.12 bits per heavy atom. The third-order valence-electron chi connectivity index (χ3n) is 8.95. The lowest BCUT2D eigenvalue weighted by Crippen LogP contribution is -2.58. The Morgan fingerprint density at radius 2 is 1.47 bits per heavy atom. The Hall–Kier alpha value is -5.52. The van der Waals surface area contributed by atoms with E-state index in [1.54, 1.807) is 35.7 Å². The van der Waals surface area contributed by atoms with Crippen molar-refractivity contribution in [3.8, 4) is 10.4 Å². The number of aromatic amines is 1. The molecule has 0 aliphatic carbocycles. The summed E-state index contributed by atoms with van der Waals surface area (Å²) in [6, 6.07) is 28.8. The number of aromatic nitrogens is 1. The van der Waals surface area contributed by atoms with E-state index < -0.39 is 39.8 Å². The number of rotatable bonds is 12. The van der Waals surface area contributed by atoms with Crippen molar-refractivity contribution in [2.45, 2.75) is 43.7 Å². The number of amides is 3. The van der Waals surface area contributed by atoms with Crippen LogP contribution in [0.5, 0.6) is 0 Å². The lowest BCUT2D eigenvalue weighted by molar-refractivity contribution is -0.137. The zero-order valence-electron chi connectivity index (χ0n) is 28.4. The molecule has 0 radical (unpaired) electrons. The number of nitrogens with two attached hydrogens (primary N) is 1. The molecule has 4 aromatic carbocycles. The molecule has 9 nitrogen and oxygen atoms in total. The molecule has 11 heteroatoms. The maximum absolute atomic E-state index is 15.1. The average Bonchev–Trinajstić information content (AvgIpc) is 3.81. The summed E-state index contributed by atoms with van der Waals surface area (Å²) in [7, 11) is -3.19. The molecule has 6 rings (SSSR count). The van der Waals surface area contributed by atoms with Gasteiger partial charge in [0.2, 0.25) is 5.91 Å². The zero-order valence-corrected chi connectivity index (χ0v) is 30.1. The van der Waals surface area contributed by atoms with Crippen LogP contribution in [0.3, 0.4) is 0 Å². The van der Waals surface area contributed by atoms with E-state index >= 15 is 4.79 Å². The van der Waals surface area contributed by atoms with E-state index in [0.29, 0.717) is 21.0 Å². The number of carbonyl (C=O) groups is 3. The molecule has 0 saturated carbocycles. The summed E-state index contributed by atoms with van der Waals surface area (Å²) in [4.78, 5) is 47.9. The van der Waals surface area contributed by atoms with Crippen molar-refractivity contribution in [2.24, 2.45) is 5.73 Å². The molecule has 260 valence electrons. The second kappa shape index (κ2) is 14.8. The highest BCUT2D eigenvalue weighted by atomic mass is 32.2. The fourth-order valence-corrected chi connectivity index (χ4v) is 8.74. The maximum Gasteiger partial charge on any atom is 0.267 e. The van der Waals surface area contributed by atoms with Crippen molar-refractivity contribution in [1.82, 2.24) is 14.2 Å². The minimum Gasteiger partial charge on any atom is -0.368 e. The number of carbonyl (C=O) groups excluding carboxylic acids is 3. The number of aryl methyl sites for hydroxylation is 2. The van der Waals surface area contributed by atoms with Gasteiger partial charge in [0.05, 0.1) is 4.90 Å². The largest absolute Gasteiger partial charge is 0.368 e. The van der Waals surface area contributed by atoms with Gasteiger partial charge >= 0.3 is 0 Å². The Bertz CT molecular complexity index is 2280. The first-order valence-corrected chi connectivity index (χ1v) is 18.7. The van der Waals surface area contributed by atoms with Crippen LogP contribution in [-0.4, -0.2) is 59.5 Å². The summed E-state index contributed by atoms with van der Waals surface area (Å²) in [6.45, 7) is 3.75. The highest BCUT2D eigenvalue weighted by Gasteiger charge is 2.44. The fraction of sp³-hybridized carbons (Fsp3) is 0.175. The van der Waals surface area contributed by atoms with Crippen LogP contribution in [-0.2, 0) is 32.5 Å². The van der Waals surface area contributed by atoms with Crippen molar-refractivity contribution in [1.29, 1.82) is 0 Å². The normalized spacial score (nSPS) is 12.7. The van der Waals surface area contributed by atoms with E-state index in [1.807, 2.05) is 86.0 Å². The number of sulfonamides is 1. The lowest BCUT2D eigenvalue weighted by Gasteiger charge is -2.35. The van der Waals surface area contributed by atoms with Crippen LogP contribution < -0.4 is 5.73 Å². The minimum atomic E-state index is -4.68. The van der Waals surface area contributed by atoms with Crippen LogP contribution >= 0.6 is 11.3 Å². The van der Waals surface area contributed by atoms with Crippen molar-refractivity contribution < 1.29 is 22.8 Å². The number of H-pyrrole nitrogens is 1. The maximum atomic E-state index is 15.1. The van der Waals surface area contributed by atoms with Gasteiger partial charge in [-0.15, -0.1) is 11.3 Å². The molecule has 0 aliphatic rings. The predicted molar refractivity (Wildman–Crippen MR) is 201 cm³/mol. The first-order chi connectivity index (χ1) is 24.4. The highest BCUT2D eigenvalue weighted by molar-refractivity contribution is 7.89. The molecule has 2 heterocycles. The Labute approximate surface area is 301 Å². The number of benzene rings is 4. The van der Waals surface area contributed by atoms with E-state index in [9.17, 15) is 18.0 Å². The zero-order chi connectivity index (χ0) is 36.3. The number of likely N-dealkylation sites (N-methyl/N-ethyl adjacent to an activating group) is 1. The van der Waals surface area contributed by atoms with E-state index in [0.717, 1.165) is 32.5 Å². The van der Waals surface area contributed by atoms with Crippen LogP contribution in [0.2, 0.25) is 0 Å². The van der Waals surface area contributed by atoms with Gasteiger partial charge in [0.25, 0.3) is 21.8 Å². The Kier molecular flexibility index (Phi) is 10.2. The third-order valence-corrected chi connectivity index (χ3v) is 11.7. The third kappa shape index (κ3) is 7.50. The lowest BCUT2D eigenvalue weighted by atomic mass is 9.99. The molecule has 0 spiro atoms. The molecule has 0 unspecified atom stereocenters. The fourth-order valence-electron chi connectivity index (χ4n) is 6.40. The first-order valence-electron chi connectivity index (χ1n) is 16.4. The minimum absolute atomic E-state index is 0.0318. The summed E-state index contributed by atoms with van der Waals surface area (Å²) in [5.74, 6) is -2.43. The number of nitrogens with zero attached hydrogens (tertiary/aromatic N) is 2. The molecule has 3 amide bonds. The summed E-state index contributed by atoms with van der Waals surface area (Å²) in [5.41, 5.74) is 11.1. The van der Waals surface area contributed by atoms with E-state index in [-0.39, 0.29) is 17.7 Å². The molecule has 0 bridgehead atoms. The summed E-state index contributed by atoms with van der Waals surface area (Å²) >= 11 is 1.60. The van der Waals surface area contributed by atoms with Gasteiger partial charge in [-0.1, -0.05) is 83.9 Å². The Balaban J connectivity index is 1.47. The van der Waals surface area contributed by atoms with Gasteiger partial charge in [0, 0.05) is 47.4 Å². The van der Waals surface area contributed by atoms with Gasteiger partial charge in [-0.3, -0.25) is 14.4 Å². The SMILES string of the molecule is Cc1cc(C)cc(C(=O)N(C)[C@@H](Cc2ccc(-c3cccs3)cc2)C(=O)N([C@@H](Cc2c[nH]c3ccccc23)C(N)=O)S(=O)(=O)c2ccccc2)c1. The molecule has 3 N–H and O–H groups in total. The first kappa shape index (κ1) is 35.3. The molecule has 0 aliphatic heterocycles. The second-order valence-corrected chi connectivity index (χ2v) is 15.4. The number of hydrogen-bond donors (Lipinski definition) is 2. The van der Waals surface area contributed by atoms with Crippen LogP contribution in [0, 0.1) is 13.8 Å². The van der Waals surface area contributed by atoms with Gasteiger partial charge in [0.1, 0.15) is 12.1 Å². The number of hydrogen-bond acceptors (Lipinski definition) is 6. The number of para-hydroxylation sites is 1. The van der Waals surface area contributed by atoms with Crippen LogP contribution in [0.15, 0.2) is 126 Å². The van der Waals surface area contributed by atoms with Crippen molar-refractivity contribution >= 4 is 50.0 Å². The number of nitrogens with one attached hydrogen (secondary N) is 1. The second-order valence-electron chi connectivity index (χ2n) is 12.6. The molecule has 2 aromatic heterocycles. The number of primary amides is 1. The average molecular weight is 719 g/mol. The standard InChI is InChI=1S/C40H38N4O5S2/c1-26-20-27(2)22-30(21-26)39(46)43(3)36(23-28-15-17-29(18-16-28)37-14-9-19-50-37)40(47)44(51(48,49)32-10-5-4-6-11-32)35(38(41)45)24-31-25-42-34-13-8-7-12-33(31)34/h4-22,25,35-36,42H,23-24H2,1-3H3,(H2,41,45)/t35-,36-/m0/s1. The molecular formula is C40H38N4O5S2. The molecule has 0 fully saturated rings. The summed E-state index contributed by atoms with van der Waals surface area (Å²) in [6.07, 6.45) is 1.46. The van der Waals surface area contributed by atoms with Crippen molar-refractivity contribution in [3.05, 3.63) is 149 Å². The molecule has 51 heavy (non-hydrogen) atoms. The number of fused-ring (bicyclic) bond motifs is 1. The molecular weight excluding hydrogens is 681 g/mol. The molecule has 2 atom stereocenters. The monoisotopic (exact) mass is 718 g/mol. The van der Waals surface area contributed by atoms with E-state index in [2.05, 4.69) is 4.98 Å². The topological polar surface area (TPSA) is 134 Å². The predicted octanol–water partition coefficient (Wildman–Crippen LogP) is 6.51. The smallest absolute Gasteiger partial charge is 0.267 e. The van der Waals surface area contributed by atoms with Crippen LogP contribution in [0.1, 0.15) is 32.6 Å². The van der Waals surface area contributed by atoms with E-state index in [4.69, 9.17) is 5.73 Å².